The monoisotopic (exact) mass is 379 g/mol. The van der Waals surface area contributed by atoms with Crippen molar-refractivity contribution < 1.29 is 17.9 Å². The number of hydrogen-bond acceptors (Lipinski definition) is 6. The van der Waals surface area contributed by atoms with Crippen LogP contribution in [0.2, 0.25) is 0 Å². The number of hydrogen-bond donors (Lipinski definition) is 0. The van der Waals surface area contributed by atoms with E-state index in [9.17, 15) is 13.2 Å². The predicted octanol–water partition coefficient (Wildman–Crippen LogP) is 1.60. The Balaban J connectivity index is 1.94. The summed E-state index contributed by atoms with van der Waals surface area (Å²) in [6.07, 6.45) is -0.297. The van der Waals surface area contributed by atoms with E-state index in [-0.39, 0.29) is 29.2 Å². The van der Waals surface area contributed by atoms with E-state index in [0.29, 0.717) is 17.5 Å². The van der Waals surface area contributed by atoms with Gasteiger partial charge in [-0.15, -0.1) is 0 Å². The first kappa shape index (κ1) is 17.8. The minimum Gasteiger partial charge on any atom is -0.494 e. The van der Waals surface area contributed by atoms with Gasteiger partial charge < -0.3 is 9.64 Å². The van der Waals surface area contributed by atoms with Crippen LogP contribution in [0.4, 0.5) is 5.69 Å². The summed E-state index contributed by atoms with van der Waals surface area (Å²) in [5.41, 5.74) is 0.754. The van der Waals surface area contributed by atoms with E-state index in [4.69, 9.17) is 10.00 Å². The zero-order chi connectivity index (χ0) is 18.0. The second kappa shape index (κ2) is 7.06. The third-order valence-electron chi connectivity index (χ3n) is 3.94. The lowest BCUT2D eigenvalue weighted by molar-refractivity contribution is -0.116. The minimum atomic E-state index is -3.10. The van der Waals surface area contributed by atoms with Crippen LogP contribution >= 0.6 is 11.8 Å². The normalized spacial score (nSPS) is 25.6. The van der Waals surface area contributed by atoms with Gasteiger partial charge in [0.05, 0.1) is 30.2 Å². The Labute approximate surface area is 150 Å². The molecule has 2 fully saturated rings. The van der Waals surface area contributed by atoms with E-state index >= 15 is 0 Å². The summed E-state index contributed by atoms with van der Waals surface area (Å²) in [6, 6.07) is 8.77. The van der Waals surface area contributed by atoms with Crippen LogP contribution in [0.25, 0.3) is 0 Å². The maximum atomic E-state index is 12.0. The van der Waals surface area contributed by atoms with E-state index < -0.39 is 15.7 Å². The number of aliphatic imine (C=N–C) groups is 1. The van der Waals surface area contributed by atoms with Crippen molar-refractivity contribution in [3.63, 3.8) is 0 Å². The highest BCUT2D eigenvalue weighted by Crippen LogP contribution is 2.41. The maximum absolute atomic E-state index is 12.0. The summed E-state index contributed by atoms with van der Waals surface area (Å²) in [5, 5.41) is 8.94. The third-order valence-corrected chi connectivity index (χ3v) is 7.15. The Morgan fingerprint density at radius 2 is 2.12 bits per heavy atom. The van der Waals surface area contributed by atoms with Crippen LogP contribution in [-0.2, 0) is 14.6 Å². The Morgan fingerprint density at radius 1 is 1.40 bits per heavy atom. The van der Waals surface area contributed by atoms with Crippen molar-refractivity contribution in [2.24, 2.45) is 4.99 Å². The summed E-state index contributed by atoms with van der Waals surface area (Å²) in [4.78, 5) is 17.6. The minimum absolute atomic E-state index is 0.0311. The van der Waals surface area contributed by atoms with Gasteiger partial charge in [-0.3, -0.25) is 4.79 Å². The van der Waals surface area contributed by atoms with Crippen molar-refractivity contribution in [1.29, 1.82) is 5.26 Å². The number of carbonyl (C=O) groups excluding carboxylic acids is 1. The first-order chi connectivity index (χ1) is 11.9. The standard InChI is InChI=1S/C16H17N3O4S2/c1-2-23-12-5-3-11(4-6-12)19-13-9-25(21,22)10-14(13)24-16(19)18-15(20)7-8-17/h3-6,13-14H,2,7,9-10H2,1H3/t13-,14+/m0/s1. The SMILES string of the molecule is CCOc1ccc(N2C(=NC(=O)CC#N)S[C@@H]3CS(=O)(=O)C[C@@H]32)cc1. The van der Waals surface area contributed by atoms with E-state index in [0.717, 1.165) is 5.69 Å². The number of anilines is 1. The molecule has 0 N–H and O–H groups in total. The molecule has 1 amide bonds. The number of rotatable bonds is 4. The second-order valence-electron chi connectivity index (χ2n) is 5.72. The van der Waals surface area contributed by atoms with Crippen LogP contribution in [-0.4, -0.2) is 48.9 Å². The van der Waals surface area contributed by atoms with Gasteiger partial charge in [0.2, 0.25) is 0 Å². The number of carbonyl (C=O) groups is 1. The number of thioether (sulfide) groups is 1. The molecule has 0 unspecified atom stereocenters. The van der Waals surface area contributed by atoms with Crippen LogP contribution in [0.3, 0.4) is 0 Å². The zero-order valence-corrected chi connectivity index (χ0v) is 15.2. The number of amidine groups is 1. The molecule has 2 aliphatic heterocycles. The Hall–Kier alpha value is -2.05. The van der Waals surface area contributed by atoms with Crippen LogP contribution in [0.5, 0.6) is 5.75 Å². The fraction of sp³-hybridized carbons (Fsp3) is 0.438. The fourth-order valence-electron chi connectivity index (χ4n) is 2.95. The third kappa shape index (κ3) is 3.80. The van der Waals surface area contributed by atoms with Gasteiger partial charge >= 0.3 is 0 Å². The van der Waals surface area contributed by atoms with Crippen molar-refractivity contribution in [1.82, 2.24) is 0 Å². The molecule has 9 heteroatoms. The van der Waals surface area contributed by atoms with Gasteiger partial charge in [0.25, 0.3) is 5.91 Å². The highest BCUT2D eigenvalue weighted by Gasteiger charge is 2.49. The Bertz CT molecular complexity index is 843. The molecule has 2 saturated heterocycles. The molecular formula is C16H17N3O4S2. The Morgan fingerprint density at radius 3 is 2.76 bits per heavy atom. The summed E-state index contributed by atoms with van der Waals surface area (Å²) in [7, 11) is -3.10. The van der Waals surface area contributed by atoms with E-state index in [2.05, 4.69) is 4.99 Å². The molecule has 0 saturated carbocycles. The van der Waals surface area contributed by atoms with E-state index in [1.807, 2.05) is 19.1 Å². The smallest absolute Gasteiger partial charge is 0.262 e. The summed E-state index contributed by atoms with van der Waals surface area (Å²) in [6.45, 7) is 2.45. The number of benzene rings is 1. The lowest BCUT2D eigenvalue weighted by atomic mass is 10.2. The molecule has 25 heavy (non-hydrogen) atoms. The van der Waals surface area contributed by atoms with Crippen LogP contribution < -0.4 is 9.64 Å². The topological polar surface area (TPSA) is 99.8 Å². The highest BCUT2D eigenvalue weighted by molar-refractivity contribution is 8.16. The number of nitriles is 1. The van der Waals surface area contributed by atoms with Crippen molar-refractivity contribution in [2.75, 3.05) is 23.0 Å². The molecule has 2 atom stereocenters. The number of ether oxygens (including phenoxy) is 1. The predicted molar refractivity (Wildman–Crippen MR) is 96.6 cm³/mol. The molecule has 0 bridgehead atoms. The molecule has 1 aromatic carbocycles. The lowest BCUT2D eigenvalue weighted by Gasteiger charge is -2.24. The van der Waals surface area contributed by atoms with Gasteiger partial charge in [0, 0.05) is 10.9 Å². The van der Waals surface area contributed by atoms with E-state index in [1.54, 1.807) is 23.1 Å². The van der Waals surface area contributed by atoms with Gasteiger partial charge in [-0.2, -0.15) is 10.3 Å². The highest BCUT2D eigenvalue weighted by atomic mass is 32.2. The molecule has 0 aliphatic carbocycles. The molecular weight excluding hydrogens is 362 g/mol. The molecule has 1 aromatic rings. The molecule has 0 spiro atoms. The van der Waals surface area contributed by atoms with Crippen molar-refractivity contribution >= 4 is 38.4 Å². The van der Waals surface area contributed by atoms with Gasteiger partial charge in [-0.1, -0.05) is 11.8 Å². The molecule has 132 valence electrons. The molecule has 0 aromatic heterocycles. The first-order valence-corrected chi connectivity index (χ1v) is 10.5. The van der Waals surface area contributed by atoms with Crippen molar-refractivity contribution in [3.8, 4) is 11.8 Å². The number of sulfone groups is 1. The molecule has 2 heterocycles. The van der Waals surface area contributed by atoms with Crippen LogP contribution in [0, 0.1) is 11.3 Å². The van der Waals surface area contributed by atoms with Crippen molar-refractivity contribution in [3.05, 3.63) is 24.3 Å². The molecule has 3 rings (SSSR count). The van der Waals surface area contributed by atoms with Crippen molar-refractivity contribution in [2.45, 2.75) is 24.6 Å². The average molecular weight is 379 g/mol. The van der Waals surface area contributed by atoms with E-state index in [1.165, 1.54) is 11.8 Å². The summed E-state index contributed by atoms with van der Waals surface area (Å²) < 4.78 is 29.4. The van der Waals surface area contributed by atoms with Gasteiger partial charge in [-0.05, 0) is 31.2 Å². The largest absolute Gasteiger partial charge is 0.494 e. The van der Waals surface area contributed by atoms with Crippen LogP contribution in [0.15, 0.2) is 29.3 Å². The fourth-order valence-corrected chi connectivity index (χ4v) is 6.88. The zero-order valence-electron chi connectivity index (χ0n) is 13.6. The van der Waals surface area contributed by atoms with Gasteiger partial charge in [0.1, 0.15) is 12.2 Å². The van der Waals surface area contributed by atoms with Crippen LogP contribution in [0.1, 0.15) is 13.3 Å². The number of amides is 1. The molecule has 0 radical (unpaired) electrons. The quantitative estimate of drug-likeness (QED) is 0.783. The Kier molecular flexibility index (Phi) is 5.01. The van der Waals surface area contributed by atoms with Gasteiger partial charge in [0.15, 0.2) is 15.0 Å². The molecule has 2 aliphatic rings. The average Bonchev–Trinajstić information content (AvgIpc) is 3.00. The maximum Gasteiger partial charge on any atom is 0.262 e. The summed E-state index contributed by atoms with van der Waals surface area (Å²) >= 11 is 1.29. The summed E-state index contributed by atoms with van der Waals surface area (Å²) in [5.74, 6) is 0.293. The lowest BCUT2D eigenvalue weighted by Crippen LogP contribution is -2.37. The number of fused-ring (bicyclic) bond motifs is 1. The first-order valence-electron chi connectivity index (χ1n) is 7.81. The van der Waals surface area contributed by atoms with Gasteiger partial charge in [-0.25, -0.2) is 8.42 Å². The second-order valence-corrected chi connectivity index (χ2v) is 9.08. The number of nitrogens with zero attached hydrogens (tertiary/aromatic N) is 3. The molecule has 7 nitrogen and oxygen atoms in total.